The zero-order chi connectivity index (χ0) is 14.1. The molecule has 0 saturated carbocycles. The van der Waals surface area contributed by atoms with Crippen LogP contribution in [0.4, 0.5) is 4.79 Å². The molecule has 1 aromatic rings. The Morgan fingerprint density at radius 3 is 2.58 bits per heavy atom. The van der Waals surface area contributed by atoms with E-state index < -0.39 is 12.1 Å². The van der Waals surface area contributed by atoms with Crippen LogP contribution >= 0.6 is 0 Å². The second-order valence-corrected chi connectivity index (χ2v) is 4.09. The van der Waals surface area contributed by atoms with E-state index in [0.29, 0.717) is 6.42 Å². The molecule has 0 bridgehead atoms. The predicted octanol–water partition coefficient (Wildman–Crippen LogP) is 0.158. The maximum atomic E-state index is 11.6. The SMILES string of the molecule is NC(=O)OCCNC(=O)[C@@H](N)CCc1ccccc1. The highest BCUT2D eigenvalue weighted by Crippen LogP contribution is 2.03. The highest BCUT2D eigenvalue weighted by Gasteiger charge is 2.12. The van der Waals surface area contributed by atoms with Crippen molar-refractivity contribution in [2.75, 3.05) is 13.2 Å². The molecule has 0 aromatic heterocycles. The van der Waals surface area contributed by atoms with Gasteiger partial charge in [0.25, 0.3) is 0 Å². The molecule has 5 N–H and O–H groups in total. The van der Waals surface area contributed by atoms with Crippen LogP contribution in [0.25, 0.3) is 0 Å². The van der Waals surface area contributed by atoms with Crippen molar-refractivity contribution in [2.24, 2.45) is 11.5 Å². The number of benzene rings is 1. The first kappa shape index (κ1) is 15.0. The molecule has 2 amide bonds. The van der Waals surface area contributed by atoms with Gasteiger partial charge in [-0.1, -0.05) is 30.3 Å². The number of hydrogen-bond acceptors (Lipinski definition) is 4. The van der Waals surface area contributed by atoms with Gasteiger partial charge in [-0.3, -0.25) is 4.79 Å². The van der Waals surface area contributed by atoms with E-state index in [1.807, 2.05) is 30.3 Å². The second-order valence-electron chi connectivity index (χ2n) is 4.09. The summed E-state index contributed by atoms with van der Waals surface area (Å²) < 4.78 is 4.48. The highest BCUT2D eigenvalue weighted by atomic mass is 16.5. The van der Waals surface area contributed by atoms with E-state index in [0.717, 1.165) is 12.0 Å². The third kappa shape index (κ3) is 6.42. The zero-order valence-corrected chi connectivity index (χ0v) is 10.7. The van der Waals surface area contributed by atoms with E-state index in [-0.39, 0.29) is 19.1 Å². The van der Waals surface area contributed by atoms with Crippen LogP contribution in [-0.2, 0) is 16.0 Å². The third-order valence-corrected chi connectivity index (χ3v) is 2.57. The summed E-state index contributed by atoms with van der Waals surface area (Å²) in [4.78, 5) is 21.9. The van der Waals surface area contributed by atoms with Crippen molar-refractivity contribution < 1.29 is 14.3 Å². The van der Waals surface area contributed by atoms with Crippen LogP contribution in [0, 0.1) is 0 Å². The van der Waals surface area contributed by atoms with Gasteiger partial charge in [-0.05, 0) is 18.4 Å². The van der Waals surface area contributed by atoms with Gasteiger partial charge in [0.05, 0.1) is 12.6 Å². The zero-order valence-electron chi connectivity index (χ0n) is 10.7. The van der Waals surface area contributed by atoms with Gasteiger partial charge >= 0.3 is 6.09 Å². The molecular formula is C13H19N3O3. The Hall–Kier alpha value is -2.08. The number of nitrogens with two attached hydrogens (primary N) is 2. The number of ether oxygens (including phenoxy) is 1. The van der Waals surface area contributed by atoms with Crippen LogP contribution < -0.4 is 16.8 Å². The first-order valence-electron chi connectivity index (χ1n) is 6.09. The fourth-order valence-corrected chi connectivity index (χ4v) is 1.55. The Morgan fingerprint density at radius 2 is 1.95 bits per heavy atom. The molecule has 1 atom stereocenters. The Kier molecular flexibility index (Phi) is 6.38. The molecular weight excluding hydrogens is 246 g/mol. The molecule has 0 heterocycles. The summed E-state index contributed by atoms with van der Waals surface area (Å²) in [6, 6.07) is 9.24. The van der Waals surface area contributed by atoms with Crippen molar-refractivity contribution >= 4 is 12.0 Å². The molecule has 0 aliphatic carbocycles. The summed E-state index contributed by atoms with van der Waals surface area (Å²) in [7, 11) is 0. The van der Waals surface area contributed by atoms with Crippen molar-refractivity contribution in [1.82, 2.24) is 5.32 Å². The van der Waals surface area contributed by atoms with Gasteiger partial charge < -0.3 is 21.5 Å². The van der Waals surface area contributed by atoms with Crippen molar-refractivity contribution in [3.63, 3.8) is 0 Å². The van der Waals surface area contributed by atoms with E-state index in [1.54, 1.807) is 0 Å². The topological polar surface area (TPSA) is 107 Å². The van der Waals surface area contributed by atoms with E-state index in [4.69, 9.17) is 11.5 Å². The molecule has 104 valence electrons. The minimum atomic E-state index is -0.859. The van der Waals surface area contributed by atoms with Gasteiger partial charge in [-0.25, -0.2) is 4.79 Å². The summed E-state index contributed by atoms with van der Waals surface area (Å²) in [5.74, 6) is -0.260. The molecule has 6 heteroatoms. The maximum absolute atomic E-state index is 11.6. The smallest absolute Gasteiger partial charge is 0.404 e. The van der Waals surface area contributed by atoms with Gasteiger partial charge in [0.15, 0.2) is 0 Å². The monoisotopic (exact) mass is 265 g/mol. The molecule has 0 radical (unpaired) electrons. The predicted molar refractivity (Wildman–Crippen MR) is 71.3 cm³/mol. The van der Waals surface area contributed by atoms with Crippen molar-refractivity contribution in [2.45, 2.75) is 18.9 Å². The lowest BCUT2D eigenvalue weighted by Gasteiger charge is -2.12. The first-order chi connectivity index (χ1) is 9.09. The summed E-state index contributed by atoms with van der Waals surface area (Å²) in [5.41, 5.74) is 11.7. The minimum absolute atomic E-state index is 0.0481. The lowest BCUT2D eigenvalue weighted by molar-refractivity contribution is -0.122. The Balaban J connectivity index is 2.20. The van der Waals surface area contributed by atoms with Crippen LogP contribution in [0.5, 0.6) is 0 Å². The number of rotatable bonds is 7. The molecule has 1 aromatic carbocycles. The molecule has 0 aliphatic heterocycles. The van der Waals surface area contributed by atoms with Gasteiger partial charge in [0, 0.05) is 0 Å². The largest absolute Gasteiger partial charge is 0.448 e. The van der Waals surface area contributed by atoms with Crippen molar-refractivity contribution in [3.05, 3.63) is 35.9 Å². The number of hydrogen-bond donors (Lipinski definition) is 3. The van der Waals surface area contributed by atoms with Crippen LogP contribution in [0.2, 0.25) is 0 Å². The summed E-state index contributed by atoms with van der Waals surface area (Å²) in [5, 5.41) is 2.58. The van der Waals surface area contributed by atoms with E-state index in [9.17, 15) is 9.59 Å². The van der Waals surface area contributed by atoms with Crippen LogP contribution in [0.1, 0.15) is 12.0 Å². The normalized spacial score (nSPS) is 11.6. The maximum Gasteiger partial charge on any atom is 0.404 e. The summed E-state index contributed by atoms with van der Waals surface area (Å²) in [6.07, 6.45) is 0.447. The van der Waals surface area contributed by atoms with Crippen LogP contribution in [0.3, 0.4) is 0 Å². The number of aryl methyl sites for hydroxylation is 1. The summed E-state index contributed by atoms with van der Waals surface area (Å²) >= 11 is 0. The minimum Gasteiger partial charge on any atom is -0.448 e. The highest BCUT2D eigenvalue weighted by molar-refractivity contribution is 5.81. The lowest BCUT2D eigenvalue weighted by Crippen LogP contribution is -2.42. The second kappa shape index (κ2) is 8.10. The van der Waals surface area contributed by atoms with Crippen LogP contribution in [-0.4, -0.2) is 31.2 Å². The van der Waals surface area contributed by atoms with Gasteiger partial charge in [0.2, 0.25) is 5.91 Å². The number of amides is 2. The molecule has 0 unspecified atom stereocenters. The van der Waals surface area contributed by atoms with Crippen molar-refractivity contribution in [1.29, 1.82) is 0 Å². The molecule has 0 aliphatic rings. The molecule has 19 heavy (non-hydrogen) atoms. The molecule has 0 saturated heterocycles. The first-order valence-corrected chi connectivity index (χ1v) is 6.09. The summed E-state index contributed by atoms with van der Waals surface area (Å²) in [6.45, 7) is 0.257. The average molecular weight is 265 g/mol. The van der Waals surface area contributed by atoms with Crippen LogP contribution in [0.15, 0.2) is 30.3 Å². The van der Waals surface area contributed by atoms with E-state index >= 15 is 0 Å². The van der Waals surface area contributed by atoms with Gasteiger partial charge in [0.1, 0.15) is 6.61 Å². The molecule has 0 spiro atoms. The van der Waals surface area contributed by atoms with Crippen molar-refractivity contribution in [3.8, 4) is 0 Å². The lowest BCUT2D eigenvalue weighted by atomic mass is 10.1. The quantitative estimate of drug-likeness (QED) is 0.610. The number of nitrogens with one attached hydrogen (secondary N) is 1. The Labute approximate surface area is 112 Å². The standard InChI is InChI=1S/C13H19N3O3/c14-11(7-6-10-4-2-1-3-5-10)12(17)16-8-9-19-13(15)18/h1-5,11H,6-9,14H2,(H2,15,18)(H,16,17)/t11-/m0/s1. The fraction of sp³-hybridized carbons (Fsp3) is 0.385. The Morgan fingerprint density at radius 1 is 1.26 bits per heavy atom. The number of carbonyl (C=O) groups is 2. The molecule has 1 rings (SSSR count). The third-order valence-electron chi connectivity index (χ3n) is 2.57. The number of primary amides is 1. The van der Waals surface area contributed by atoms with Gasteiger partial charge in [-0.15, -0.1) is 0 Å². The fourth-order valence-electron chi connectivity index (χ4n) is 1.55. The molecule has 6 nitrogen and oxygen atoms in total. The average Bonchev–Trinajstić information content (AvgIpc) is 2.41. The number of carbonyl (C=O) groups excluding carboxylic acids is 2. The van der Waals surface area contributed by atoms with Gasteiger partial charge in [-0.2, -0.15) is 0 Å². The van der Waals surface area contributed by atoms with E-state index in [2.05, 4.69) is 10.1 Å². The molecule has 0 fully saturated rings. The van der Waals surface area contributed by atoms with E-state index in [1.165, 1.54) is 0 Å². The Bertz CT molecular complexity index is 409.